The van der Waals surface area contributed by atoms with Crippen molar-refractivity contribution in [3.63, 3.8) is 0 Å². The summed E-state index contributed by atoms with van der Waals surface area (Å²) in [4.78, 5) is 19.3. The molecule has 1 fully saturated rings. The van der Waals surface area contributed by atoms with Gasteiger partial charge in [-0.2, -0.15) is 10.2 Å². The number of thiazole rings is 1. The minimum Gasteiger partial charge on any atom is -0.285 e. The first-order valence-electron chi connectivity index (χ1n) is 11.0. The summed E-state index contributed by atoms with van der Waals surface area (Å²) in [5.74, 6) is -0.131. The Morgan fingerprint density at radius 1 is 0.909 bits per heavy atom. The minimum absolute atomic E-state index is 0.131. The van der Waals surface area contributed by atoms with E-state index in [9.17, 15) is 4.79 Å². The molecule has 2 aromatic carbocycles. The second-order valence-corrected chi connectivity index (χ2v) is 9.85. The van der Waals surface area contributed by atoms with Gasteiger partial charge in [-0.15, -0.1) is 16.4 Å². The zero-order valence-corrected chi connectivity index (χ0v) is 19.9. The number of nitrogens with zero attached hydrogens (tertiary/aromatic N) is 5. The third kappa shape index (κ3) is 4.77. The van der Waals surface area contributed by atoms with Crippen molar-refractivity contribution in [2.75, 3.05) is 0 Å². The monoisotopic (exact) mass is 473 g/mol. The first-order chi connectivity index (χ1) is 16.2. The van der Waals surface area contributed by atoms with Crippen molar-refractivity contribution >= 4 is 34.2 Å². The molecule has 0 radical (unpaired) electrons. The molecular weight excluding hydrogens is 450 g/mol. The Kier molecular flexibility index (Phi) is 6.37. The highest BCUT2D eigenvalue weighted by Gasteiger charge is 2.22. The number of carbonyl (C=O) groups is 1. The maximum atomic E-state index is 13.4. The normalized spacial score (nSPS) is 14.5. The van der Waals surface area contributed by atoms with Crippen molar-refractivity contribution < 1.29 is 4.79 Å². The van der Waals surface area contributed by atoms with Crippen LogP contribution < -0.4 is 4.80 Å². The Balaban J connectivity index is 1.54. The molecule has 5 rings (SSSR count). The van der Waals surface area contributed by atoms with Crippen LogP contribution in [-0.4, -0.2) is 26.3 Å². The van der Waals surface area contributed by atoms with Gasteiger partial charge in [0.25, 0.3) is 0 Å². The van der Waals surface area contributed by atoms with Crippen molar-refractivity contribution in [1.82, 2.24) is 14.8 Å². The highest BCUT2D eigenvalue weighted by atomic mass is 32.1. The van der Waals surface area contributed by atoms with Crippen LogP contribution in [0.2, 0.25) is 0 Å². The summed E-state index contributed by atoms with van der Waals surface area (Å²) in [7, 11) is 0. The summed E-state index contributed by atoms with van der Waals surface area (Å²) in [6, 6.07) is 19.7. The van der Waals surface area contributed by atoms with E-state index in [2.05, 4.69) is 20.3 Å². The number of ketones is 1. The van der Waals surface area contributed by atoms with Gasteiger partial charge in [0, 0.05) is 11.3 Å². The molecule has 0 unspecified atom stereocenters. The number of carbonyl (C=O) groups excluding carboxylic acids is 1. The standard InChI is InChI=1S/C25H23N5OS2/c1-17-22(32-23(26-17)18-11-5-2-6-12-18)21(31)24-29-30(20-15-9-4-10-16-20)25(33-24)28-27-19-13-7-3-8-14-19/h2,4-6,9-12,15-16H,3,7-8,13-14H2,1H3/b28-25+. The predicted octanol–water partition coefficient (Wildman–Crippen LogP) is 5.82. The van der Waals surface area contributed by atoms with E-state index in [0.29, 0.717) is 20.4 Å². The van der Waals surface area contributed by atoms with E-state index < -0.39 is 0 Å². The maximum absolute atomic E-state index is 13.4. The van der Waals surface area contributed by atoms with E-state index in [0.717, 1.165) is 47.7 Å². The van der Waals surface area contributed by atoms with Crippen LogP contribution in [0, 0.1) is 6.92 Å². The lowest BCUT2D eigenvalue weighted by atomic mass is 9.99. The second kappa shape index (κ2) is 9.72. The molecule has 1 aliphatic rings. The molecule has 0 amide bonds. The summed E-state index contributed by atoms with van der Waals surface area (Å²) in [6.45, 7) is 1.87. The fourth-order valence-electron chi connectivity index (χ4n) is 3.76. The van der Waals surface area contributed by atoms with Crippen molar-refractivity contribution in [2.45, 2.75) is 39.0 Å². The molecule has 2 aromatic heterocycles. The summed E-state index contributed by atoms with van der Waals surface area (Å²) in [6.07, 6.45) is 5.55. The van der Waals surface area contributed by atoms with E-state index in [4.69, 9.17) is 0 Å². The molecule has 6 nitrogen and oxygen atoms in total. The van der Waals surface area contributed by atoms with Gasteiger partial charge in [-0.25, -0.2) is 9.67 Å². The Labute approximate surface area is 200 Å². The average molecular weight is 474 g/mol. The van der Waals surface area contributed by atoms with E-state index >= 15 is 0 Å². The molecule has 0 aliphatic heterocycles. The van der Waals surface area contributed by atoms with Gasteiger partial charge >= 0.3 is 0 Å². The third-order valence-corrected chi connectivity index (χ3v) is 7.59. The van der Waals surface area contributed by atoms with Crippen LogP contribution in [-0.2, 0) is 0 Å². The minimum atomic E-state index is -0.131. The molecule has 2 heterocycles. The molecule has 8 heteroatoms. The Bertz CT molecular complexity index is 1360. The molecule has 0 bridgehead atoms. The molecule has 0 atom stereocenters. The van der Waals surface area contributed by atoms with Gasteiger partial charge < -0.3 is 0 Å². The molecule has 0 saturated heterocycles. The van der Waals surface area contributed by atoms with Crippen molar-refractivity contribution in [3.05, 3.63) is 81.0 Å². The van der Waals surface area contributed by atoms with E-state index in [1.807, 2.05) is 67.6 Å². The zero-order chi connectivity index (χ0) is 22.6. The first kappa shape index (κ1) is 21.6. The molecule has 166 valence electrons. The number of benzene rings is 2. The zero-order valence-electron chi connectivity index (χ0n) is 18.3. The van der Waals surface area contributed by atoms with Gasteiger partial charge in [-0.3, -0.25) is 4.79 Å². The first-order valence-corrected chi connectivity index (χ1v) is 12.6. The molecule has 4 aromatic rings. The van der Waals surface area contributed by atoms with Gasteiger partial charge in [0.05, 0.1) is 11.4 Å². The number of hydrogen-bond donors (Lipinski definition) is 0. The molecule has 1 saturated carbocycles. The SMILES string of the molecule is Cc1nc(-c2ccccc2)sc1C(=O)c1nn(-c2ccccc2)/c(=N\N=C2CCCCC2)s1. The van der Waals surface area contributed by atoms with Crippen LogP contribution in [0.4, 0.5) is 0 Å². The molecular formula is C25H23N5OS2. The largest absolute Gasteiger partial charge is 0.285 e. The van der Waals surface area contributed by atoms with E-state index in [-0.39, 0.29) is 5.78 Å². The molecule has 33 heavy (non-hydrogen) atoms. The number of aromatic nitrogens is 3. The van der Waals surface area contributed by atoms with Crippen LogP contribution in [0.1, 0.15) is 52.5 Å². The average Bonchev–Trinajstić information content (AvgIpc) is 3.48. The van der Waals surface area contributed by atoms with E-state index in [1.54, 1.807) is 4.68 Å². The Morgan fingerprint density at radius 2 is 1.61 bits per heavy atom. The van der Waals surface area contributed by atoms with Gasteiger partial charge in [0.2, 0.25) is 10.6 Å². The highest BCUT2D eigenvalue weighted by molar-refractivity contribution is 7.18. The van der Waals surface area contributed by atoms with Crippen molar-refractivity contribution in [1.29, 1.82) is 0 Å². The third-order valence-electron chi connectivity index (χ3n) is 5.49. The molecule has 1 aliphatic carbocycles. The van der Waals surface area contributed by atoms with Crippen molar-refractivity contribution in [3.8, 4) is 16.3 Å². The second-order valence-electron chi connectivity index (χ2n) is 7.89. The molecule has 0 spiro atoms. The fourth-order valence-corrected chi connectivity index (χ4v) is 5.64. The topological polar surface area (TPSA) is 72.5 Å². The lowest BCUT2D eigenvalue weighted by molar-refractivity contribution is 0.104. The fraction of sp³-hybridized carbons (Fsp3) is 0.240. The van der Waals surface area contributed by atoms with Crippen LogP contribution in [0.5, 0.6) is 0 Å². The quantitative estimate of drug-likeness (QED) is 0.271. The predicted molar refractivity (Wildman–Crippen MR) is 133 cm³/mol. The summed E-state index contributed by atoms with van der Waals surface area (Å²) in [5, 5.41) is 14.9. The summed E-state index contributed by atoms with van der Waals surface area (Å²) < 4.78 is 1.71. The number of para-hydroxylation sites is 1. The highest BCUT2D eigenvalue weighted by Crippen LogP contribution is 2.29. The number of aryl methyl sites for hydroxylation is 1. The van der Waals surface area contributed by atoms with Gasteiger partial charge in [0.15, 0.2) is 5.01 Å². The van der Waals surface area contributed by atoms with E-state index in [1.165, 1.54) is 29.1 Å². The van der Waals surface area contributed by atoms with Gasteiger partial charge in [-0.1, -0.05) is 66.3 Å². The lowest BCUT2D eigenvalue weighted by Gasteiger charge is -2.09. The van der Waals surface area contributed by atoms with Crippen molar-refractivity contribution in [2.24, 2.45) is 10.2 Å². The lowest BCUT2D eigenvalue weighted by Crippen LogP contribution is -2.14. The Morgan fingerprint density at radius 3 is 2.33 bits per heavy atom. The molecule has 0 N–H and O–H groups in total. The smallest absolute Gasteiger partial charge is 0.235 e. The summed E-state index contributed by atoms with van der Waals surface area (Å²) >= 11 is 2.67. The number of rotatable bonds is 5. The number of hydrogen-bond acceptors (Lipinski definition) is 7. The van der Waals surface area contributed by atoms with Crippen LogP contribution >= 0.6 is 22.7 Å². The summed E-state index contributed by atoms with van der Waals surface area (Å²) in [5.41, 5.74) is 3.68. The van der Waals surface area contributed by atoms with Crippen LogP contribution in [0.25, 0.3) is 16.3 Å². The van der Waals surface area contributed by atoms with Crippen LogP contribution in [0.15, 0.2) is 70.9 Å². The maximum Gasteiger partial charge on any atom is 0.235 e. The van der Waals surface area contributed by atoms with Gasteiger partial charge in [0.1, 0.15) is 9.88 Å². The van der Waals surface area contributed by atoms with Gasteiger partial charge in [-0.05, 0) is 44.7 Å². The van der Waals surface area contributed by atoms with Crippen LogP contribution in [0.3, 0.4) is 0 Å². The Hall–Kier alpha value is -3.23.